The normalized spacial score (nSPS) is 15.3. The molecule has 5 rings (SSSR count). The topological polar surface area (TPSA) is 98.7 Å². The van der Waals surface area contributed by atoms with E-state index in [0.29, 0.717) is 47.8 Å². The summed E-state index contributed by atoms with van der Waals surface area (Å²) in [7, 11) is 0. The van der Waals surface area contributed by atoms with Crippen LogP contribution in [-0.4, -0.2) is 43.9 Å². The Morgan fingerprint density at radius 1 is 1.21 bits per heavy atom. The van der Waals surface area contributed by atoms with E-state index in [1.807, 2.05) is 22.4 Å². The first-order chi connectivity index (χ1) is 15.9. The largest absolute Gasteiger partial charge is 0.459 e. The third-order valence-electron chi connectivity index (χ3n) is 5.30. The summed E-state index contributed by atoms with van der Waals surface area (Å²) in [5.41, 5.74) is 0.538. The van der Waals surface area contributed by atoms with Gasteiger partial charge in [-0.1, -0.05) is 6.07 Å². The van der Waals surface area contributed by atoms with Gasteiger partial charge in [-0.2, -0.15) is 17.7 Å². The van der Waals surface area contributed by atoms with Crippen molar-refractivity contribution in [2.45, 2.75) is 25.6 Å². The molecule has 0 aromatic carbocycles. The van der Waals surface area contributed by atoms with Crippen molar-refractivity contribution >= 4 is 28.8 Å². The van der Waals surface area contributed by atoms with E-state index in [4.69, 9.17) is 9.15 Å². The summed E-state index contributed by atoms with van der Waals surface area (Å²) in [6, 6.07) is 6.82. The van der Waals surface area contributed by atoms with Crippen LogP contribution in [0.3, 0.4) is 0 Å². The fraction of sp³-hybridized carbons (Fsp3) is 0.350. The zero-order valence-electron chi connectivity index (χ0n) is 17.0. The maximum Gasteiger partial charge on any atom is 0.453 e. The van der Waals surface area contributed by atoms with E-state index in [-0.39, 0.29) is 24.1 Å². The highest BCUT2D eigenvalue weighted by Gasteiger charge is 2.38. The van der Waals surface area contributed by atoms with Gasteiger partial charge in [-0.15, -0.1) is 26.6 Å². The van der Waals surface area contributed by atoms with Gasteiger partial charge in [0.15, 0.2) is 5.65 Å². The van der Waals surface area contributed by atoms with Crippen LogP contribution >= 0.6 is 11.3 Å². The van der Waals surface area contributed by atoms with Gasteiger partial charge in [-0.25, -0.2) is 4.98 Å². The van der Waals surface area contributed by atoms with Crippen LogP contribution in [0, 0.1) is 5.92 Å². The van der Waals surface area contributed by atoms with Crippen molar-refractivity contribution in [3.63, 3.8) is 0 Å². The summed E-state index contributed by atoms with van der Waals surface area (Å²) >= 11 is 1.50. The van der Waals surface area contributed by atoms with Crippen molar-refractivity contribution in [1.82, 2.24) is 24.8 Å². The number of carbonyl (C=O) groups is 1. The molecule has 0 spiro atoms. The second-order valence-corrected chi connectivity index (χ2v) is 8.42. The molecule has 5 heterocycles. The summed E-state index contributed by atoms with van der Waals surface area (Å²) < 4.78 is 50.8. The molecule has 1 aliphatic rings. The number of rotatable bonds is 5. The minimum absolute atomic E-state index is 0.0135. The average molecular weight is 478 g/mol. The number of halogens is 3. The van der Waals surface area contributed by atoms with Gasteiger partial charge in [0.1, 0.15) is 24.4 Å². The van der Waals surface area contributed by atoms with Gasteiger partial charge in [0.05, 0.1) is 10.8 Å². The number of hydrogen-bond donors (Lipinski definition) is 0. The molecule has 0 saturated carbocycles. The van der Waals surface area contributed by atoms with E-state index in [0.717, 1.165) is 4.88 Å². The van der Waals surface area contributed by atoms with E-state index in [9.17, 15) is 18.0 Å². The smallest absolute Gasteiger partial charge is 0.453 e. The lowest BCUT2D eigenvalue weighted by atomic mass is 9.97. The number of carbonyl (C=O) groups excluding carboxylic acids is 1. The van der Waals surface area contributed by atoms with Gasteiger partial charge in [0.2, 0.25) is 5.89 Å². The minimum Gasteiger partial charge on any atom is -0.459 e. The molecule has 0 atom stereocenters. The highest BCUT2D eigenvalue weighted by Crippen LogP contribution is 2.29. The molecule has 4 aromatic rings. The first-order valence-corrected chi connectivity index (χ1v) is 11.0. The number of alkyl halides is 3. The summed E-state index contributed by atoms with van der Waals surface area (Å²) in [6.45, 7) is 0.919. The number of anilines is 1. The highest BCUT2D eigenvalue weighted by atomic mass is 32.1. The molecule has 0 N–H and O–H groups in total. The molecular formula is C20H17F3N6O3S. The number of aromatic nitrogens is 5. The van der Waals surface area contributed by atoms with E-state index in [2.05, 4.69) is 20.3 Å². The Labute approximate surface area is 188 Å². The molecule has 0 radical (unpaired) electrons. The fourth-order valence-corrected chi connectivity index (χ4v) is 4.27. The van der Waals surface area contributed by atoms with Crippen LogP contribution < -0.4 is 4.90 Å². The number of nitrogens with zero attached hydrogens (tertiary/aromatic N) is 6. The summed E-state index contributed by atoms with van der Waals surface area (Å²) in [5, 5.41) is 12.7. The molecule has 1 fully saturated rings. The fourth-order valence-electron chi connectivity index (χ4n) is 3.62. The predicted octanol–water partition coefficient (Wildman–Crippen LogP) is 3.82. The molecule has 4 aromatic heterocycles. The first kappa shape index (κ1) is 21.4. The van der Waals surface area contributed by atoms with Crippen LogP contribution in [0.25, 0.3) is 16.4 Å². The number of ether oxygens (including phenoxy) is 1. The molecule has 0 bridgehead atoms. The maximum atomic E-state index is 13.1. The van der Waals surface area contributed by atoms with Gasteiger partial charge in [0.25, 0.3) is 5.82 Å². The molecule has 9 nitrogen and oxygen atoms in total. The number of fused-ring (bicyclic) bond motifs is 1. The lowest BCUT2D eigenvalue weighted by Gasteiger charge is -2.31. The quantitative estimate of drug-likeness (QED) is 0.399. The molecular weight excluding hydrogens is 461 g/mol. The molecule has 0 unspecified atom stereocenters. The second-order valence-electron chi connectivity index (χ2n) is 7.47. The van der Waals surface area contributed by atoms with Crippen molar-refractivity contribution < 1.29 is 27.1 Å². The van der Waals surface area contributed by atoms with E-state index in [1.165, 1.54) is 23.7 Å². The van der Waals surface area contributed by atoms with E-state index < -0.39 is 12.0 Å². The molecule has 0 aliphatic carbocycles. The lowest BCUT2D eigenvalue weighted by Crippen LogP contribution is -2.37. The molecule has 33 heavy (non-hydrogen) atoms. The van der Waals surface area contributed by atoms with Crippen LogP contribution in [-0.2, 0) is 22.3 Å². The third kappa shape index (κ3) is 4.40. The van der Waals surface area contributed by atoms with Crippen LogP contribution in [0.2, 0.25) is 0 Å². The van der Waals surface area contributed by atoms with E-state index in [1.54, 1.807) is 6.07 Å². The Morgan fingerprint density at radius 2 is 2.03 bits per heavy atom. The van der Waals surface area contributed by atoms with Gasteiger partial charge in [0, 0.05) is 13.1 Å². The van der Waals surface area contributed by atoms with Gasteiger partial charge >= 0.3 is 12.1 Å². The minimum atomic E-state index is -4.66. The lowest BCUT2D eigenvalue weighted by molar-refractivity contribution is -0.150. The highest BCUT2D eigenvalue weighted by molar-refractivity contribution is 7.13. The Bertz CT molecular complexity index is 1260. The first-order valence-electron chi connectivity index (χ1n) is 10.1. The SMILES string of the molecule is O=C(OCc1coc(-c2cccs2)n1)C1CCN(c2ccc3nnc(C(F)(F)F)n3n2)CC1. The Balaban J connectivity index is 1.17. The second kappa shape index (κ2) is 8.46. The Morgan fingerprint density at radius 3 is 2.76 bits per heavy atom. The average Bonchev–Trinajstić information content (AvgIpc) is 3.57. The number of hydrogen-bond acceptors (Lipinski definition) is 9. The van der Waals surface area contributed by atoms with Crippen molar-refractivity contribution in [2.75, 3.05) is 18.0 Å². The summed E-state index contributed by atoms with van der Waals surface area (Å²) in [5.74, 6) is -0.974. The van der Waals surface area contributed by atoms with Crippen LogP contribution in [0.4, 0.5) is 19.0 Å². The number of piperidine rings is 1. The Kier molecular flexibility index (Phi) is 5.48. The molecule has 1 saturated heterocycles. The summed E-state index contributed by atoms with van der Waals surface area (Å²) in [4.78, 5) is 19.5. The zero-order valence-corrected chi connectivity index (χ0v) is 17.8. The van der Waals surface area contributed by atoms with Crippen LogP contribution in [0.1, 0.15) is 24.4 Å². The third-order valence-corrected chi connectivity index (χ3v) is 6.16. The standard InChI is InChI=1S/C20H17F3N6O3S/c21-20(22,23)19-26-25-15-3-4-16(27-29(15)19)28-7-5-12(6-8-28)18(30)32-11-13-10-31-17(24-13)14-2-1-9-33-14/h1-4,9-10,12H,5-8,11H2. The monoisotopic (exact) mass is 478 g/mol. The van der Waals surface area contributed by atoms with Gasteiger partial charge in [-0.05, 0) is 36.4 Å². The van der Waals surface area contributed by atoms with Gasteiger partial charge in [-0.3, -0.25) is 4.79 Å². The van der Waals surface area contributed by atoms with Crippen molar-refractivity contribution in [1.29, 1.82) is 0 Å². The maximum absolute atomic E-state index is 13.1. The Hall–Kier alpha value is -3.48. The number of thiophene rings is 1. The predicted molar refractivity (Wildman–Crippen MR) is 110 cm³/mol. The molecule has 13 heteroatoms. The zero-order chi connectivity index (χ0) is 23.0. The number of esters is 1. The summed E-state index contributed by atoms with van der Waals surface area (Å²) in [6.07, 6.45) is -2.21. The molecule has 0 amide bonds. The van der Waals surface area contributed by atoms with Crippen molar-refractivity contribution in [3.05, 3.63) is 47.4 Å². The van der Waals surface area contributed by atoms with Gasteiger partial charge < -0.3 is 14.1 Å². The van der Waals surface area contributed by atoms with Crippen molar-refractivity contribution in [3.8, 4) is 10.8 Å². The van der Waals surface area contributed by atoms with E-state index >= 15 is 0 Å². The molecule has 1 aliphatic heterocycles. The number of oxazole rings is 1. The van der Waals surface area contributed by atoms with Crippen LogP contribution in [0.5, 0.6) is 0 Å². The van der Waals surface area contributed by atoms with Crippen molar-refractivity contribution in [2.24, 2.45) is 5.92 Å². The van der Waals surface area contributed by atoms with Crippen LogP contribution in [0.15, 0.2) is 40.3 Å². The molecule has 172 valence electrons.